The molecule has 0 amide bonds. The SMILES string of the molecule is CCC1CCN(S(=O)(=O)C2CCCNC2)C1. The molecule has 16 heavy (non-hydrogen) atoms. The lowest BCUT2D eigenvalue weighted by Crippen LogP contribution is -2.45. The van der Waals surface area contributed by atoms with E-state index in [0.717, 1.165) is 45.3 Å². The molecule has 0 aromatic carbocycles. The van der Waals surface area contributed by atoms with Gasteiger partial charge in [0.05, 0.1) is 5.25 Å². The van der Waals surface area contributed by atoms with E-state index in [9.17, 15) is 8.42 Å². The molecule has 0 saturated carbocycles. The lowest BCUT2D eigenvalue weighted by Gasteiger charge is -2.27. The summed E-state index contributed by atoms with van der Waals surface area (Å²) in [5.74, 6) is 0.575. The molecule has 0 aromatic rings. The zero-order valence-electron chi connectivity index (χ0n) is 9.98. The molecule has 2 saturated heterocycles. The van der Waals surface area contributed by atoms with Gasteiger partial charge in [-0.2, -0.15) is 0 Å². The largest absolute Gasteiger partial charge is 0.315 e. The van der Waals surface area contributed by atoms with E-state index in [0.29, 0.717) is 12.5 Å². The van der Waals surface area contributed by atoms with Gasteiger partial charge in [0.2, 0.25) is 10.0 Å². The zero-order chi connectivity index (χ0) is 11.6. The Balaban J connectivity index is 2.01. The smallest absolute Gasteiger partial charge is 0.218 e. The summed E-state index contributed by atoms with van der Waals surface area (Å²) < 4.78 is 26.4. The first-order chi connectivity index (χ1) is 7.64. The van der Waals surface area contributed by atoms with Crippen molar-refractivity contribution < 1.29 is 8.42 Å². The second kappa shape index (κ2) is 5.02. The van der Waals surface area contributed by atoms with Gasteiger partial charge in [-0.1, -0.05) is 13.3 Å². The van der Waals surface area contributed by atoms with E-state index in [1.807, 2.05) is 0 Å². The molecule has 2 aliphatic rings. The third kappa shape index (κ3) is 2.41. The Morgan fingerprint density at radius 3 is 2.75 bits per heavy atom. The van der Waals surface area contributed by atoms with Gasteiger partial charge in [0.25, 0.3) is 0 Å². The molecule has 2 fully saturated rings. The fraction of sp³-hybridized carbons (Fsp3) is 1.00. The highest BCUT2D eigenvalue weighted by Gasteiger charge is 2.36. The molecule has 4 nitrogen and oxygen atoms in total. The second-order valence-electron chi connectivity index (χ2n) is 4.93. The van der Waals surface area contributed by atoms with Crippen LogP contribution < -0.4 is 5.32 Å². The summed E-state index contributed by atoms with van der Waals surface area (Å²) in [6.07, 6.45) is 3.93. The van der Waals surface area contributed by atoms with Crippen molar-refractivity contribution in [3.63, 3.8) is 0 Å². The summed E-state index contributed by atoms with van der Waals surface area (Å²) in [4.78, 5) is 0. The maximum absolute atomic E-state index is 12.3. The maximum Gasteiger partial charge on any atom is 0.218 e. The highest BCUT2D eigenvalue weighted by atomic mass is 32.2. The molecule has 2 aliphatic heterocycles. The Labute approximate surface area is 98.4 Å². The summed E-state index contributed by atoms with van der Waals surface area (Å²) in [5.41, 5.74) is 0. The van der Waals surface area contributed by atoms with Gasteiger partial charge in [0.15, 0.2) is 0 Å². The number of hydrogen-bond donors (Lipinski definition) is 1. The minimum Gasteiger partial charge on any atom is -0.315 e. The first kappa shape index (κ1) is 12.3. The predicted octanol–water partition coefficient (Wildman–Crippen LogP) is 0.800. The molecular weight excluding hydrogens is 224 g/mol. The number of nitrogens with zero attached hydrogens (tertiary/aromatic N) is 1. The van der Waals surface area contributed by atoms with Crippen LogP contribution in [0.4, 0.5) is 0 Å². The van der Waals surface area contributed by atoms with E-state index in [-0.39, 0.29) is 5.25 Å². The normalized spacial score (nSPS) is 33.1. The van der Waals surface area contributed by atoms with Crippen LogP contribution in [0.15, 0.2) is 0 Å². The molecule has 0 radical (unpaired) electrons. The predicted molar refractivity (Wildman–Crippen MR) is 64.8 cm³/mol. The fourth-order valence-electron chi connectivity index (χ4n) is 2.65. The van der Waals surface area contributed by atoms with E-state index in [4.69, 9.17) is 0 Å². The van der Waals surface area contributed by atoms with Crippen molar-refractivity contribution in [2.75, 3.05) is 26.2 Å². The summed E-state index contributed by atoms with van der Waals surface area (Å²) in [7, 11) is -3.03. The van der Waals surface area contributed by atoms with Crippen LogP contribution in [0.3, 0.4) is 0 Å². The second-order valence-corrected chi connectivity index (χ2v) is 7.15. The first-order valence-electron chi connectivity index (χ1n) is 6.34. The standard InChI is InChI=1S/C11H22N2O2S/c1-2-10-5-7-13(9-10)16(14,15)11-4-3-6-12-8-11/h10-12H,2-9H2,1H3. The van der Waals surface area contributed by atoms with Gasteiger partial charge in [0, 0.05) is 19.6 Å². The van der Waals surface area contributed by atoms with E-state index >= 15 is 0 Å². The third-order valence-electron chi connectivity index (χ3n) is 3.86. The van der Waals surface area contributed by atoms with E-state index in [1.165, 1.54) is 0 Å². The molecule has 2 rings (SSSR count). The Morgan fingerprint density at radius 1 is 1.38 bits per heavy atom. The van der Waals surface area contributed by atoms with E-state index < -0.39 is 10.0 Å². The molecule has 1 N–H and O–H groups in total. The Bertz CT molecular complexity index is 323. The van der Waals surface area contributed by atoms with Crippen LogP contribution in [0.5, 0.6) is 0 Å². The fourth-order valence-corrected chi connectivity index (χ4v) is 4.64. The van der Waals surface area contributed by atoms with Crippen LogP contribution in [-0.4, -0.2) is 44.2 Å². The van der Waals surface area contributed by atoms with E-state index in [2.05, 4.69) is 12.2 Å². The van der Waals surface area contributed by atoms with Crippen LogP contribution in [0.2, 0.25) is 0 Å². The van der Waals surface area contributed by atoms with Crippen molar-refractivity contribution in [2.45, 2.75) is 37.9 Å². The van der Waals surface area contributed by atoms with Gasteiger partial charge in [-0.15, -0.1) is 0 Å². The average Bonchev–Trinajstić information content (AvgIpc) is 2.79. The Kier molecular flexibility index (Phi) is 3.87. The summed E-state index contributed by atoms with van der Waals surface area (Å²) in [6, 6.07) is 0. The molecule has 94 valence electrons. The van der Waals surface area contributed by atoms with Gasteiger partial charge in [0.1, 0.15) is 0 Å². The zero-order valence-corrected chi connectivity index (χ0v) is 10.8. The Hall–Kier alpha value is -0.130. The van der Waals surface area contributed by atoms with Crippen LogP contribution in [-0.2, 0) is 10.0 Å². The van der Waals surface area contributed by atoms with Crippen molar-refractivity contribution in [2.24, 2.45) is 5.92 Å². The number of hydrogen-bond acceptors (Lipinski definition) is 3. The summed E-state index contributed by atoms with van der Waals surface area (Å²) >= 11 is 0. The van der Waals surface area contributed by atoms with Crippen LogP contribution in [0.1, 0.15) is 32.6 Å². The molecule has 0 spiro atoms. The molecule has 2 unspecified atom stereocenters. The molecule has 5 heteroatoms. The molecular formula is C11H22N2O2S. The van der Waals surface area contributed by atoms with Crippen molar-refractivity contribution in [3.8, 4) is 0 Å². The van der Waals surface area contributed by atoms with Crippen LogP contribution in [0, 0.1) is 5.92 Å². The van der Waals surface area contributed by atoms with Crippen molar-refractivity contribution in [1.29, 1.82) is 0 Å². The number of piperidine rings is 1. The van der Waals surface area contributed by atoms with Crippen LogP contribution >= 0.6 is 0 Å². The molecule has 0 bridgehead atoms. The van der Waals surface area contributed by atoms with Crippen LogP contribution in [0.25, 0.3) is 0 Å². The van der Waals surface area contributed by atoms with Crippen molar-refractivity contribution in [3.05, 3.63) is 0 Å². The van der Waals surface area contributed by atoms with Gasteiger partial charge in [-0.3, -0.25) is 0 Å². The van der Waals surface area contributed by atoms with Gasteiger partial charge >= 0.3 is 0 Å². The maximum atomic E-state index is 12.3. The van der Waals surface area contributed by atoms with Gasteiger partial charge in [-0.05, 0) is 31.7 Å². The summed E-state index contributed by atoms with van der Waals surface area (Å²) in [5, 5.41) is 3.00. The summed E-state index contributed by atoms with van der Waals surface area (Å²) in [6.45, 7) is 5.22. The minimum absolute atomic E-state index is 0.183. The van der Waals surface area contributed by atoms with Crippen molar-refractivity contribution in [1.82, 2.24) is 9.62 Å². The number of rotatable bonds is 3. The first-order valence-corrected chi connectivity index (χ1v) is 7.84. The van der Waals surface area contributed by atoms with Gasteiger partial charge < -0.3 is 5.32 Å². The highest BCUT2D eigenvalue weighted by molar-refractivity contribution is 7.89. The topological polar surface area (TPSA) is 49.4 Å². The average molecular weight is 246 g/mol. The minimum atomic E-state index is -3.03. The molecule has 2 atom stereocenters. The lowest BCUT2D eigenvalue weighted by atomic mass is 10.1. The number of sulfonamides is 1. The highest BCUT2D eigenvalue weighted by Crippen LogP contribution is 2.25. The molecule has 0 aliphatic carbocycles. The quantitative estimate of drug-likeness (QED) is 0.801. The van der Waals surface area contributed by atoms with E-state index in [1.54, 1.807) is 4.31 Å². The van der Waals surface area contributed by atoms with Gasteiger partial charge in [-0.25, -0.2) is 12.7 Å². The lowest BCUT2D eigenvalue weighted by molar-refractivity contribution is 0.423. The third-order valence-corrected chi connectivity index (χ3v) is 6.15. The molecule has 2 heterocycles. The Morgan fingerprint density at radius 2 is 2.19 bits per heavy atom. The van der Waals surface area contributed by atoms with Crippen molar-refractivity contribution >= 4 is 10.0 Å². The number of nitrogens with one attached hydrogen (secondary N) is 1. The molecule has 0 aromatic heterocycles. The monoisotopic (exact) mass is 246 g/mol.